The second-order valence-electron chi connectivity index (χ2n) is 6.48. The van der Waals surface area contributed by atoms with Crippen LogP contribution in [0.15, 0.2) is 24.3 Å². The molecule has 0 aromatic heterocycles. The zero-order valence-electron chi connectivity index (χ0n) is 13.3. The summed E-state index contributed by atoms with van der Waals surface area (Å²) in [6.45, 7) is 12.9. The van der Waals surface area contributed by atoms with Gasteiger partial charge in [-0.15, -0.1) is 0 Å². The summed E-state index contributed by atoms with van der Waals surface area (Å²) in [6.07, 6.45) is 0. The van der Waals surface area contributed by atoms with Crippen molar-refractivity contribution in [3.05, 3.63) is 29.8 Å². The van der Waals surface area contributed by atoms with Gasteiger partial charge in [-0.25, -0.2) is 0 Å². The van der Waals surface area contributed by atoms with Crippen molar-refractivity contribution in [1.82, 2.24) is 9.80 Å². The Bertz CT molecular complexity index is 476. The minimum absolute atomic E-state index is 0.269. The Balaban J connectivity index is 1.69. The highest BCUT2D eigenvalue weighted by Crippen LogP contribution is 2.16. The van der Waals surface area contributed by atoms with Crippen molar-refractivity contribution in [1.29, 1.82) is 5.26 Å². The fraction of sp³-hybridized carbons (Fsp3) is 0.588. The number of piperazine rings is 1. The molecule has 1 aromatic rings. The molecule has 0 saturated carbocycles. The Morgan fingerprint density at radius 1 is 1.10 bits per heavy atom. The lowest BCUT2D eigenvalue weighted by molar-refractivity contribution is 0.0564. The summed E-state index contributed by atoms with van der Waals surface area (Å²) >= 11 is 0. The predicted octanol–water partition coefficient (Wildman–Crippen LogP) is 2.35. The van der Waals surface area contributed by atoms with Gasteiger partial charge in [0.25, 0.3) is 0 Å². The second-order valence-corrected chi connectivity index (χ2v) is 6.48. The van der Waals surface area contributed by atoms with Gasteiger partial charge in [-0.3, -0.25) is 9.80 Å². The van der Waals surface area contributed by atoms with E-state index < -0.39 is 0 Å². The van der Waals surface area contributed by atoms with Gasteiger partial charge in [0.2, 0.25) is 0 Å². The van der Waals surface area contributed by atoms with Crippen molar-refractivity contribution < 1.29 is 4.74 Å². The van der Waals surface area contributed by atoms with E-state index in [1.165, 1.54) is 0 Å². The largest absolute Gasteiger partial charge is 0.492 e. The molecule has 1 heterocycles. The SMILES string of the molecule is CC(C)(C)N1CCN(CCOc2ccc(C#N)cc2)CC1. The monoisotopic (exact) mass is 287 g/mol. The van der Waals surface area contributed by atoms with Crippen LogP contribution in [0.5, 0.6) is 5.75 Å². The van der Waals surface area contributed by atoms with Crippen molar-refractivity contribution in [3.63, 3.8) is 0 Å². The van der Waals surface area contributed by atoms with Gasteiger partial charge < -0.3 is 4.74 Å². The number of rotatable bonds is 4. The molecule has 114 valence electrons. The highest BCUT2D eigenvalue weighted by molar-refractivity contribution is 5.34. The van der Waals surface area contributed by atoms with E-state index in [2.05, 4.69) is 36.6 Å². The average molecular weight is 287 g/mol. The maximum atomic E-state index is 8.75. The summed E-state index contributed by atoms with van der Waals surface area (Å²) in [4.78, 5) is 4.98. The first-order valence-corrected chi connectivity index (χ1v) is 7.59. The fourth-order valence-electron chi connectivity index (χ4n) is 2.56. The summed E-state index contributed by atoms with van der Waals surface area (Å²) in [5.41, 5.74) is 0.936. The lowest BCUT2D eigenvalue weighted by Crippen LogP contribution is -2.53. The number of ether oxygens (including phenoxy) is 1. The first-order chi connectivity index (χ1) is 9.99. The molecule has 1 aliphatic heterocycles. The minimum Gasteiger partial charge on any atom is -0.492 e. The number of hydrogen-bond acceptors (Lipinski definition) is 4. The van der Waals surface area contributed by atoms with Crippen LogP contribution in [0.4, 0.5) is 0 Å². The van der Waals surface area contributed by atoms with Crippen LogP contribution in [0.2, 0.25) is 0 Å². The molecule has 1 fully saturated rings. The van der Waals surface area contributed by atoms with Crippen molar-refractivity contribution in [2.45, 2.75) is 26.3 Å². The molecule has 0 amide bonds. The van der Waals surface area contributed by atoms with Crippen molar-refractivity contribution in [3.8, 4) is 11.8 Å². The van der Waals surface area contributed by atoms with Gasteiger partial charge in [0.05, 0.1) is 11.6 Å². The van der Waals surface area contributed by atoms with E-state index in [0.29, 0.717) is 12.2 Å². The highest BCUT2D eigenvalue weighted by Gasteiger charge is 2.25. The summed E-state index contributed by atoms with van der Waals surface area (Å²) in [7, 11) is 0. The molecule has 0 radical (unpaired) electrons. The Morgan fingerprint density at radius 2 is 1.71 bits per heavy atom. The Labute approximate surface area is 127 Å². The molecule has 0 atom stereocenters. The van der Waals surface area contributed by atoms with Gasteiger partial charge in [0.1, 0.15) is 12.4 Å². The lowest BCUT2D eigenvalue weighted by Gasteiger charge is -2.42. The number of nitriles is 1. The van der Waals surface area contributed by atoms with Crippen LogP contribution < -0.4 is 4.74 Å². The summed E-state index contributed by atoms with van der Waals surface area (Å²) in [6, 6.07) is 9.40. The van der Waals surface area contributed by atoms with Gasteiger partial charge in [-0.05, 0) is 45.0 Å². The first-order valence-electron chi connectivity index (χ1n) is 7.59. The Kier molecular flexibility index (Phi) is 5.22. The van der Waals surface area contributed by atoms with E-state index >= 15 is 0 Å². The van der Waals surface area contributed by atoms with E-state index in [0.717, 1.165) is 38.5 Å². The number of hydrogen-bond donors (Lipinski definition) is 0. The van der Waals surface area contributed by atoms with E-state index in [-0.39, 0.29) is 5.54 Å². The van der Waals surface area contributed by atoms with Crippen LogP contribution in [0.3, 0.4) is 0 Å². The van der Waals surface area contributed by atoms with Gasteiger partial charge in [0, 0.05) is 38.3 Å². The summed E-state index contributed by atoms with van der Waals surface area (Å²) < 4.78 is 5.74. The van der Waals surface area contributed by atoms with Gasteiger partial charge in [-0.2, -0.15) is 5.26 Å². The fourth-order valence-corrected chi connectivity index (χ4v) is 2.56. The standard InChI is InChI=1S/C17H25N3O/c1-17(2,3)20-10-8-19(9-11-20)12-13-21-16-6-4-15(14-18)5-7-16/h4-7H,8-13H2,1-3H3. The van der Waals surface area contributed by atoms with Crippen LogP contribution in [-0.2, 0) is 0 Å². The topological polar surface area (TPSA) is 39.5 Å². The lowest BCUT2D eigenvalue weighted by atomic mass is 10.1. The molecule has 0 N–H and O–H groups in total. The van der Waals surface area contributed by atoms with Crippen LogP contribution >= 0.6 is 0 Å². The molecule has 4 heteroatoms. The molecule has 1 aliphatic rings. The first kappa shape index (κ1) is 15.8. The predicted molar refractivity (Wildman–Crippen MR) is 84.4 cm³/mol. The van der Waals surface area contributed by atoms with E-state index in [1.54, 1.807) is 12.1 Å². The molecule has 21 heavy (non-hydrogen) atoms. The number of nitrogens with zero attached hydrogens (tertiary/aromatic N) is 3. The third kappa shape index (κ3) is 4.73. The summed E-state index contributed by atoms with van der Waals surface area (Å²) in [5, 5.41) is 8.75. The Hall–Kier alpha value is -1.57. The van der Waals surface area contributed by atoms with Crippen molar-refractivity contribution >= 4 is 0 Å². The molecule has 0 aliphatic carbocycles. The normalized spacial score (nSPS) is 17.4. The van der Waals surface area contributed by atoms with E-state index in [4.69, 9.17) is 10.00 Å². The molecule has 1 aromatic carbocycles. The molecule has 4 nitrogen and oxygen atoms in total. The van der Waals surface area contributed by atoms with Gasteiger partial charge in [-0.1, -0.05) is 0 Å². The average Bonchev–Trinajstić information content (AvgIpc) is 2.47. The van der Waals surface area contributed by atoms with Crippen LogP contribution in [0, 0.1) is 11.3 Å². The molecule has 1 saturated heterocycles. The maximum absolute atomic E-state index is 8.75. The third-order valence-electron chi connectivity index (χ3n) is 3.98. The van der Waals surface area contributed by atoms with Gasteiger partial charge >= 0.3 is 0 Å². The molecule has 0 bridgehead atoms. The second kappa shape index (κ2) is 6.93. The van der Waals surface area contributed by atoms with Crippen LogP contribution in [-0.4, -0.2) is 54.7 Å². The molecule has 0 spiro atoms. The number of benzene rings is 1. The molecular weight excluding hydrogens is 262 g/mol. The van der Waals surface area contributed by atoms with E-state index in [1.807, 2.05) is 12.1 Å². The van der Waals surface area contributed by atoms with Crippen LogP contribution in [0.25, 0.3) is 0 Å². The molecular formula is C17H25N3O. The smallest absolute Gasteiger partial charge is 0.119 e. The Morgan fingerprint density at radius 3 is 2.24 bits per heavy atom. The minimum atomic E-state index is 0.269. The summed E-state index contributed by atoms with van der Waals surface area (Å²) in [5.74, 6) is 0.835. The zero-order valence-corrected chi connectivity index (χ0v) is 13.3. The van der Waals surface area contributed by atoms with E-state index in [9.17, 15) is 0 Å². The quantitative estimate of drug-likeness (QED) is 0.852. The van der Waals surface area contributed by atoms with Crippen molar-refractivity contribution in [2.24, 2.45) is 0 Å². The molecule has 0 unspecified atom stereocenters. The maximum Gasteiger partial charge on any atom is 0.119 e. The third-order valence-corrected chi connectivity index (χ3v) is 3.98. The van der Waals surface area contributed by atoms with Crippen LogP contribution in [0.1, 0.15) is 26.3 Å². The van der Waals surface area contributed by atoms with Crippen molar-refractivity contribution in [2.75, 3.05) is 39.3 Å². The highest BCUT2D eigenvalue weighted by atomic mass is 16.5. The molecule has 2 rings (SSSR count). The van der Waals surface area contributed by atoms with Gasteiger partial charge in [0.15, 0.2) is 0 Å². The zero-order chi connectivity index (χ0) is 15.3.